The van der Waals surface area contributed by atoms with Crippen LogP contribution in [0.2, 0.25) is 5.02 Å². The van der Waals surface area contributed by atoms with Crippen molar-refractivity contribution in [2.24, 2.45) is 5.92 Å². The van der Waals surface area contributed by atoms with E-state index in [2.05, 4.69) is 5.32 Å². The van der Waals surface area contributed by atoms with E-state index in [9.17, 15) is 22.4 Å². The summed E-state index contributed by atoms with van der Waals surface area (Å²) in [6, 6.07) is 18.7. The van der Waals surface area contributed by atoms with Crippen LogP contribution in [0, 0.1) is 11.7 Å². The number of halogens is 2. The zero-order chi connectivity index (χ0) is 27.9. The van der Waals surface area contributed by atoms with E-state index in [0.29, 0.717) is 17.1 Å². The number of amides is 2. The van der Waals surface area contributed by atoms with Gasteiger partial charge in [0, 0.05) is 18.1 Å². The first-order chi connectivity index (χ1) is 18.0. The molecule has 2 amide bonds. The van der Waals surface area contributed by atoms with E-state index in [4.69, 9.17) is 11.6 Å². The maximum absolute atomic E-state index is 14.9. The van der Waals surface area contributed by atoms with E-state index in [0.717, 1.165) is 10.4 Å². The Bertz CT molecular complexity index is 1350. The Labute approximate surface area is 228 Å². The molecule has 38 heavy (non-hydrogen) atoms. The van der Waals surface area contributed by atoms with E-state index in [1.807, 2.05) is 13.8 Å². The monoisotopic (exact) mass is 559 g/mol. The molecule has 0 saturated carbocycles. The Balaban J connectivity index is 2.00. The molecule has 0 aromatic heterocycles. The minimum Gasteiger partial charge on any atom is -0.354 e. The van der Waals surface area contributed by atoms with Gasteiger partial charge in [0.15, 0.2) is 0 Å². The van der Waals surface area contributed by atoms with E-state index in [1.54, 1.807) is 49.4 Å². The second-order valence-corrected chi connectivity index (χ2v) is 11.5. The zero-order valence-corrected chi connectivity index (χ0v) is 23.0. The average molecular weight is 560 g/mol. The standard InChI is InChI=1S/C28H31ClFN3O4S/c1-20(2)17-31-28(35)21(3)32(18-22-13-15-23(29)16-14-22)27(34)19-33(26-12-8-7-11-25(26)30)38(36,37)24-9-5-4-6-10-24/h4-16,20-21H,17-19H2,1-3H3,(H,31,35)/t21-/m1/s1. The number of hydrogen-bond donors (Lipinski definition) is 1. The number of nitrogens with zero attached hydrogens (tertiary/aromatic N) is 2. The van der Waals surface area contributed by atoms with Gasteiger partial charge in [-0.05, 0) is 54.8 Å². The molecule has 10 heteroatoms. The van der Waals surface area contributed by atoms with Gasteiger partial charge in [-0.15, -0.1) is 0 Å². The normalized spacial score (nSPS) is 12.2. The lowest BCUT2D eigenvalue weighted by Gasteiger charge is -2.32. The van der Waals surface area contributed by atoms with Crippen LogP contribution >= 0.6 is 11.6 Å². The van der Waals surface area contributed by atoms with Crippen molar-refractivity contribution in [2.75, 3.05) is 17.4 Å². The molecule has 0 aliphatic rings. The van der Waals surface area contributed by atoms with Crippen LogP contribution in [0.1, 0.15) is 26.3 Å². The topological polar surface area (TPSA) is 86.8 Å². The molecular weight excluding hydrogens is 529 g/mol. The van der Waals surface area contributed by atoms with Crippen LogP contribution in [0.15, 0.2) is 83.8 Å². The molecular formula is C28H31ClFN3O4S. The summed E-state index contributed by atoms with van der Waals surface area (Å²) in [6.07, 6.45) is 0. The van der Waals surface area contributed by atoms with Gasteiger partial charge in [-0.25, -0.2) is 12.8 Å². The molecule has 3 aromatic rings. The molecule has 0 spiro atoms. The predicted molar refractivity (Wildman–Crippen MR) is 147 cm³/mol. The Morgan fingerprint density at radius 3 is 2.13 bits per heavy atom. The largest absolute Gasteiger partial charge is 0.354 e. The molecule has 0 unspecified atom stereocenters. The second kappa shape index (κ2) is 12.9. The number of rotatable bonds is 11. The molecule has 0 aliphatic heterocycles. The average Bonchev–Trinajstić information content (AvgIpc) is 2.90. The lowest BCUT2D eigenvalue weighted by atomic mass is 10.1. The van der Waals surface area contributed by atoms with Crippen molar-refractivity contribution >= 4 is 39.1 Å². The maximum Gasteiger partial charge on any atom is 0.264 e. The van der Waals surface area contributed by atoms with Gasteiger partial charge in [0.25, 0.3) is 10.0 Å². The van der Waals surface area contributed by atoms with Gasteiger partial charge < -0.3 is 10.2 Å². The Morgan fingerprint density at radius 2 is 1.53 bits per heavy atom. The third kappa shape index (κ3) is 7.33. The van der Waals surface area contributed by atoms with Gasteiger partial charge in [-0.3, -0.25) is 13.9 Å². The molecule has 202 valence electrons. The summed E-state index contributed by atoms with van der Waals surface area (Å²) >= 11 is 6.00. The van der Waals surface area contributed by atoms with E-state index >= 15 is 0 Å². The van der Waals surface area contributed by atoms with Crippen LogP contribution in [0.5, 0.6) is 0 Å². The third-order valence-electron chi connectivity index (χ3n) is 5.85. The minimum atomic E-state index is -4.32. The molecule has 0 heterocycles. The Hall–Kier alpha value is -3.43. The zero-order valence-electron chi connectivity index (χ0n) is 21.5. The molecule has 0 aliphatic carbocycles. The van der Waals surface area contributed by atoms with Crippen LogP contribution in [-0.4, -0.2) is 44.3 Å². The second-order valence-electron chi connectivity index (χ2n) is 9.24. The van der Waals surface area contributed by atoms with Crippen LogP contribution in [-0.2, 0) is 26.2 Å². The Morgan fingerprint density at radius 1 is 0.921 bits per heavy atom. The van der Waals surface area contributed by atoms with Gasteiger partial charge in [-0.2, -0.15) is 0 Å². The number of hydrogen-bond acceptors (Lipinski definition) is 4. The summed E-state index contributed by atoms with van der Waals surface area (Å²) < 4.78 is 42.9. The first-order valence-electron chi connectivity index (χ1n) is 12.1. The Kier molecular flexibility index (Phi) is 9.88. The van der Waals surface area contributed by atoms with Crippen molar-refractivity contribution in [2.45, 2.75) is 38.3 Å². The maximum atomic E-state index is 14.9. The van der Waals surface area contributed by atoms with Gasteiger partial charge in [0.1, 0.15) is 18.4 Å². The van der Waals surface area contributed by atoms with Crippen molar-refractivity contribution in [1.82, 2.24) is 10.2 Å². The highest BCUT2D eigenvalue weighted by molar-refractivity contribution is 7.92. The summed E-state index contributed by atoms with van der Waals surface area (Å²) in [5, 5.41) is 3.32. The van der Waals surface area contributed by atoms with Crippen molar-refractivity contribution < 1.29 is 22.4 Å². The minimum absolute atomic E-state index is 0.0166. The molecule has 0 bridgehead atoms. The van der Waals surface area contributed by atoms with E-state index < -0.39 is 34.3 Å². The number of anilines is 1. The smallest absolute Gasteiger partial charge is 0.264 e. The van der Waals surface area contributed by atoms with Gasteiger partial charge >= 0.3 is 0 Å². The number of benzene rings is 3. The highest BCUT2D eigenvalue weighted by Gasteiger charge is 2.33. The summed E-state index contributed by atoms with van der Waals surface area (Å²) in [4.78, 5) is 27.9. The molecule has 1 atom stereocenters. The first-order valence-corrected chi connectivity index (χ1v) is 14.0. The van der Waals surface area contributed by atoms with E-state index in [1.165, 1.54) is 35.2 Å². The van der Waals surface area contributed by atoms with E-state index in [-0.39, 0.29) is 29.0 Å². The molecule has 7 nitrogen and oxygen atoms in total. The lowest BCUT2D eigenvalue weighted by molar-refractivity contribution is -0.139. The number of carbonyl (C=O) groups excluding carboxylic acids is 2. The molecule has 0 radical (unpaired) electrons. The number of nitrogens with one attached hydrogen (secondary N) is 1. The van der Waals surface area contributed by atoms with Gasteiger partial charge in [0.05, 0.1) is 10.6 Å². The quantitative estimate of drug-likeness (QED) is 0.363. The fourth-order valence-corrected chi connectivity index (χ4v) is 5.28. The highest BCUT2D eigenvalue weighted by Crippen LogP contribution is 2.27. The van der Waals surface area contributed by atoms with Crippen LogP contribution < -0.4 is 9.62 Å². The van der Waals surface area contributed by atoms with Gasteiger partial charge in [-0.1, -0.05) is 67.9 Å². The summed E-state index contributed by atoms with van der Waals surface area (Å²) in [5.74, 6) is -1.66. The summed E-state index contributed by atoms with van der Waals surface area (Å²) in [5.41, 5.74) is 0.419. The summed E-state index contributed by atoms with van der Waals surface area (Å²) in [7, 11) is -4.32. The summed E-state index contributed by atoms with van der Waals surface area (Å²) in [6.45, 7) is 5.18. The molecule has 0 fully saturated rings. The van der Waals surface area contributed by atoms with Crippen molar-refractivity contribution in [1.29, 1.82) is 0 Å². The van der Waals surface area contributed by atoms with Crippen LogP contribution in [0.4, 0.5) is 10.1 Å². The van der Waals surface area contributed by atoms with Crippen molar-refractivity contribution in [3.05, 3.63) is 95.3 Å². The molecule has 1 N–H and O–H groups in total. The third-order valence-corrected chi connectivity index (χ3v) is 7.88. The van der Waals surface area contributed by atoms with Crippen LogP contribution in [0.3, 0.4) is 0 Å². The molecule has 3 aromatic carbocycles. The fourth-order valence-electron chi connectivity index (χ4n) is 3.71. The van der Waals surface area contributed by atoms with Crippen LogP contribution in [0.25, 0.3) is 0 Å². The first kappa shape index (κ1) is 29.1. The number of carbonyl (C=O) groups is 2. The molecule has 0 saturated heterocycles. The predicted octanol–water partition coefficient (Wildman–Crippen LogP) is 4.86. The van der Waals surface area contributed by atoms with Crippen molar-refractivity contribution in [3.8, 4) is 0 Å². The highest BCUT2D eigenvalue weighted by atomic mass is 35.5. The van der Waals surface area contributed by atoms with Crippen molar-refractivity contribution in [3.63, 3.8) is 0 Å². The number of sulfonamides is 1. The van der Waals surface area contributed by atoms with Gasteiger partial charge in [0.2, 0.25) is 11.8 Å². The number of para-hydroxylation sites is 1. The molecule has 3 rings (SSSR count). The fraction of sp³-hybridized carbons (Fsp3) is 0.286. The SMILES string of the molecule is CC(C)CNC(=O)[C@@H](C)N(Cc1ccc(Cl)cc1)C(=O)CN(c1ccccc1F)S(=O)(=O)c1ccccc1. The lowest BCUT2D eigenvalue weighted by Crippen LogP contribution is -2.51.